The lowest BCUT2D eigenvalue weighted by atomic mass is 10.1. The molecule has 1 aliphatic heterocycles. The number of para-hydroxylation sites is 1. The van der Waals surface area contributed by atoms with Crippen molar-refractivity contribution < 1.29 is 4.79 Å². The Bertz CT molecular complexity index is 1290. The first-order chi connectivity index (χ1) is 15.7. The zero-order valence-corrected chi connectivity index (χ0v) is 21.3. The average Bonchev–Trinajstić information content (AvgIpc) is 3.17. The molecule has 0 atom stereocenters. The van der Waals surface area contributed by atoms with Crippen LogP contribution in [0.1, 0.15) is 46.1 Å². The molecule has 0 radical (unpaired) electrons. The van der Waals surface area contributed by atoms with Gasteiger partial charge in [0.25, 0.3) is 5.91 Å². The molecule has 0 saturated carbocycles. The number of aromatic nitrogens is 1. The van der Waals surface area contributed by atoms with Crippen LogP contribution in [0, 0.1) is 34.6 Å². The van der Waals surface area contributed by atoms with Gasteiger partial charge in [-0.1, -0.05) is 31.2 Å². The Morgan fingerprint density at radius 3 is 2.36 bits per heavy atom. The highest BCUT2D eigenvalue weighted by Gasteiger charge is 2.31. The number of thioether (sulfide) groups is 1. The molecular formula is C28H31N3OS. The number of carbonyl (C=O) groups excluding carboxylic acids is 1. The predicted molar refractivity (Wildman–Crippen MR) is 141 cm³/mol. The van der Waals surface area contributed by atoms with Crippen LogP contribution in [0.5, 0.6) is 0 Å². The molecular weight excluding hydrogens is 426 g/mol. The summed E-state index contributed by atoms with van der Waals surface area (Å²) >= 11 is 1.44. The van der Waals surface area contributed by atoms with Crippen LogP contribution in [-0.4, -0.2) is 27.6 Å². The van der Waals surface area contributed by atoms with E-state index in [1.54, 1.807) is 11.9 Å². The summed E-state index contributed by atoms with van der Waals surface area (Å²) in [5.41, 5.74) is 10.4. The molecule has 1 saturated heterocycles. The van der Waals surface area contributed by atoms with E-state index in [1.165, 1.54) is 28.6 Å². The van der Waals surface area contributed by atoms with E-state index < -0.39 is 0 Å². The van der Waals surface area contributed by atoms with Gasteiger partial charge >= 0.3 is 0 Å². The van der Waals surface area contributed by atoms with Crippen LogP contribution in [0.25, 0.3) is 11.8 Å². The highest BCUT2D eigenvalue weighted by atomic mass is 32.2. The zero-order chi connectivity index (χ0) is 23.9. The number of likely N-dealkylation sites (N-methyl/N-ethyl adjacent to an activating group) is 1. The van der Waals surface area contributed by atoms with Gasteiger partial charge in [-0.2, -0.15) is 0 Å². The highest BCUT2D eigenvalue weighted by Crippen LogP contribution is 2.35. The Morgan fingerprint density at radius 2 is 1.70 bits per heavy atom. The minimum atomic E-state index is -0.0157. The van der Waals surface area contributed by atoms with E-state index in [1.807, 2.05) is 18.2 Å². The van der Waals surface area contributed by atoms with Gasteiger partial charge in [0.2, 0.25) is 0 Å². The second-order valence-corrected chi connectivity index (χ2v) is 9.82. The fourth-order valence-corrected chi connectivity index (χ4v) is 5.50. The third kappa shape index (κ3) is 4.42. The van der Waals surface area contributed by atoms with Gasteiger partial charge in [0, 0.05) is 18.4 Å². The van der Waals surface area contributed by atoms with Gasteiger partial charge in [-0.25, -0.2) is 4.99 Å². The first-order valence-electron chi connectivity index (χ1n) is 11.3. The predicted octanol–water partition coefficient (Wildman–Crippen LogP) is 6.82. The van der Waals surface area contributed by atoms with Crippen LogP contribution in [0.15, 0.2) is 52.4 Å². The Morgan fingerprint density at radius 1 is 1.00 bits per heavy atom. The summed E-state index contributed by atoms with van der Waals surface area (Å²) in [6.07, 6.45) is 2.98. The fraction of sp³-hybridized carbons (Fsp3) is 0.286. The second-order valence-electron chi connectivity index (χ2n) is 8.81. The molecule has 0 spiro atoms. The smallest absolute Gasteiger partial charge is 0.266 e. The molecule has 33 heavy (non-hydrogen) atoms. The summed E-state index contributed by atoms with van der Waals surface area (Å²) in [5, 5.41) is 0.706. The second kappa shape index (κ2) is 9.06. The minimum absolute atomic E-state index is 0.0157. The zero-order valence-electron chi connectivity index (χ0n) is 20.5. The van der Waals surface area contributed by atoms with Crippen molar-refractivity contribution in [2.24, 2.45) is 4.99 Å². The number of rotatable bonds is 4. The molecule has 2 heterocycles. The minimum Gasteiger partial charge on any atom is -0.317 e. The van der Waals surface area contributed by atoms with E-state index in [9.17, 15) is 4.79 Å². The fourth-order valence-electron chi connectivity index (χ4n) is 4.52. The van der Waals surface area contributed by atoms with E-state index in [0.717, 1.165) is 40.2 Å². The molecule has 1 fully saturated rings. The van der Waals surface area contributed by atoms with E-state index in [0.29, 0.717) is 10.1 Å². The summed E-state index contributed by atoms with van der Waals surface area (Å²) < 4.78 is 2.32. The SMILES string of the molecule is CCc1cccc(C)c1-n1c(C)cc(/C=C2\SC(=Nc3cc(C)cc(C)c3)N(C)C2=O)c1C. The summed E-state index contributed by atoms with van der Waals surface area (Å²) in [5.74, 6) is -0.0157. The Kier molecular flexibility index (Phi) is 6.35. The first kappa shape index (κ1) is 23.1. The van der Waals surface area contributed by atoms with Gasteiger partial charge in [-0.15, -0.1) is 0 Å². The average molecular weight is 458 g/mol. The molecule has 1 aliphatic rings. The van der Waals surface area contributed by atoms with Crippen molar-refractivity contribution in [3.63, 3.8) is 0 Å². The largest absolute Gasteiger partial charge is 0.317 e. The number of benzene rings is 2. The van der Waals surface area contributed by atoms with Gasteiger partial charge in [0.05, 0.1) is 16.3 Å². The van der Waals surface area contributed by atoms with Crippen LogP contribution in [-0.2, 0) is 11.2 Å². The molecule has 0 unspecified atom stereocenters. The van der Waals surface area contributed by atoms with Crippen LogP contribution < -0.4 is 0 Å². The Balaban J connectivity index is 1.73. The third-order valence-electron chi connectivity index (χ3n) is 6.12. The summed E-state index contributed by atoms with van der Waals surface area (Å²) in [6, 6.07) is 14.9. The number of aryl methyl sites for hydroxylation is 5. The van der Waals surface area contributed by atoms with Crippen LogP contribution >= 0.6 is 11.8 Å². The van der Waals surface area contributed by atoms with Crippen molar-refractivity contribution in [1.82, 2.24) is 9.47 Å². The van der Waals surface area contributed by atoms with Crippen molar-refractivity contribution in [2.75, 3.05) is 7.05 Å². The topological polar surface area (TPSA) is 37.6 Å². The van der Waals surface area contributed by atoms with E-state index >= 15 is 0 Å². The number of carbonyl (C=O) groups is 1. The lowest BCUT2D eigenvalue weighted by Gasteiger charge is -2.17. The number of nitrogens with zero attached hydrogens (tertiary/aromatic N) is 3. The van der Waals surface area contributed by atoms with E-state index in [4.69, 9.17) is 4.99 Å². The number of amides is 1. The molecule has 0 N–H and O–H groups in total. The van der Waals surface area contributed by atoms with E-state index in [2.05, 4.69) is 76.4 Å². The van der Waals surface area contributed by atoms with Crippen molar-refractivity contribution in [3.05, 3.63) is 86.6 Å². The number of hydrogen-bond donors (Lipinski definition) is 0. The van der Waals surface area contributed by atoms with Gasteiger partial charge in [0.15, 0.2) is 5.17 Å². The van der Waals surface area contributed by atoms with Gasteiger partial charge < -0.3 is 4.57 Å². The summed E-state index contributed by atoms with van der Waals surface area (Å²) in [6.45, 7) is 12.7. The first-order valence-corrected chi connectivity index (χ1v) is 12.1. The molecule has 2 aromatic carbocycles. The third-order valence-corrected chi connectivity index (χ3v) is 7.18. The molecule has 4 nitrogen and oxygen atoms in total. The molecule has 1 aromatic heterocycles. The van der Waals surface area contributed by atoms with Crippen LogP contribution in [0.4, 0.5) is 5.69 Å². The normalized spacial score (nSPS) is 16.5. The monoisotopic (exact) mass is 457 g/mol. The number of amidine groups is 1. The summed E-state index contributed by atoms with van der Waals surface area (Å²) in [7, 11) is 1.79. The quantitative estimate of drug-likeness (QED) is 0.403. The Hall–Kier alpha value is -3.05. The number of aliphatic imine (C=N–C) groups is 1. The van der Waals surface area contributed by atoms with Gasteiger partial charge in [0.1, 0.15) is 0 Å². The molecule has 0 bridgehead atoms. The number of hydrogen-bond acceptors (Lipinski definition) is 3. The van der Waals surface area contributed by atoms with Crippen molar-refractivity contribution in [1.29, 1.82) is 0 Å². The van der Waals surface area contributed by atoms with E-state index in [-0.39, 0.29) is 5.91 Å². The maximum absolute atomic E-state index is 13.0. The van der Waals surface area contributed by atoms with Gasteiger partial charge in [-0.3, -0.25) is 9.69 Å². The van der Waals surface area contributed by atoms with Crippen molar-refractivity contribution >= 4 is 34.6 Å². The molecule has 5 heteroatoms. The lowest BCUT2D eigenvalue weighted by Crippen LogP contribution is -2.23. The van der Waals surface area contributed by atoms with Gasteiger partial charge in [-0.05, 0) is 105 Å². The van der Waals surface area contributed by atoms with Crippen molar-refractivity contribution in [2.45, 2.75) is 48.0 Å². The lowest BCUT2D eigenvalue weighted by molar-refractivity contribution is -0.121. The standard InChI is InChI=1S/C28H31N3OS/c1-8-22-11-9-10-19(4)26(22)31-20(5)15-23(21(31)6)16-25-27(32)30(7)28(33-25)29-24-13-17(2)12-18(3)14-24/h9-16H,8H2,1-7H3/b25-16-,29-28?. The van der Waals surface area contributed by atoms with Crippen LogP contribution in [0.2, 0.25) is 0 Å². The molecule has 1 amide bonds. The molecule has 0 aliphatic carbocycles. The van der Waals surface area contributed by atoms with Crippen molar-refractivity contribution in [3.8, 4) is 5.69 Å². The summed E-state index contributed by atoms with van der Waals surface area (Å²) in [4.78, 5) is 20.1. The maximum Gasteiger partial charge on any atom is 0.266 e. The molecule has 3 aromatic rings. The van der Waals surface area contributed by atoms with Crippen LogP contribution in [0.3, 0.4) is 0 Å². The molecule has 170 valence electrons. The highest BCUT2D eigenvalue weighted by molar-refractivity contribution is 8.18. The molecule has 4 rings (SSSR count). The maximum atomic E-state index is 13.0. The Labute approximate surface area is 201 Å².